The first-order valence-corrected chi connectivity index (χ1v) is 6.79. The number of phenolic OH excluding ortho intramolecular Hbond substituents is 1. The third-order valence-electron chi connectivity index (χ3n) is 3.50. The molecule has 1 heterocycles. The van der Waals surface area contributed by atoms with Crippen LogP contribution >= 0.6 is 0 Å². The van der Waals surface area contributed by atoms with Gasteiger partial charge in [-0.15, -0.1) is 0 Å². The highest BCUT2D eigenvalue weighted by Gasteiger charge is 2.22. The molecule has 2 rings (SSSR count). The second-order valence-corrected chi connectivity index (χ2v) is 4.86. The van der Waals surface area contributed by atoms with Crippen molar-refractivity contribution in [2.75, 3.05) is 0 Å². The lowest BCUT2D eigenvalue weighted by Gasteiger charge is -2.24. The number of rotatable bonds is 7. The molecule has 0 bridgehead atoms. The number of benzene rings is 1. The van der Waals surface area contributed by atoms with Gasteiger partial charge in [0.15, 0.2) is 11.5 Å². The summed E-state index contributed by atoms with van der Waals surface area (Å²) in [7, 11) is 0. The van der Waals surface area contributed by atoms with Gasteiger partial charge < -0.3 is 9.84 Å². The maximum Gasteiger partial charge on any atom is 0.168 e. The fraction of sp³-hybridized carbons (Fsp3) is 0.600. The number of ether oxygens (including phenoxy) is 1. The molecule has 0 saturated carbocycles. The molecule has 1 aliphatic rings. The van der Waals surface area contributed by atoms with E-state index < -0.39 is 0 Å². The van der Waals surface area contributed by atoms with Crippen LogP contribution < -0.4 is 4.74 Å². The molecule has 1 N–H and O–H groups in total. The van der Waals surface area contributed by atoms with Gasteiger partial charge in [-0.25, -0.2) is 0 Å². The molecule has 1 aromatic carbocycles. The van der Waals surface area contributed by atoms with Crippen LogP contribution in [0.3, 0.4) is 0 Å². The number of phenols is 1. The van der Waals surface area contributed by atoms with Gasteiger partial charge in [-0.2, -0.15) is 0 Å². The third-order valence-corrected chi connectivity index (χ3v) is 3.50. The lowest BCUT2D eigenvalue weighted by atomic mass is 9.97. The minimum Gasteiger partial charge on any atom is -0.504 e. The molecule has 17 heavy (non-hydrogen) atoms. The van der Waals surface area contributed by atoms with Crippen molar-refractivity contribution in [2.45, 2.75) is 58.5 Å². The number of aromatic hydroxyl groups is 1. The minimum atomic E-state index is 0.290. The van der Waals surface area contributed by atoms with Crippen LogP contribution in [0.4, 0.5) is 0 Å². The SMILES string of the molecule is CCCCCCCCc1ccc(O)c2c1CO2. The Kier molecular flexibility index (Phi) is 4.29. The van der Waals surface area contributed by atoms with Crippen LogP contribution in [0.25, 0.3) is 0 Å². The van der Waals surface area contributed by atoms with Crippen molar-refractivity contribution >= 4 is 0 Å². The summed E-state index contributed by atoms with van der Waals surface area (Å²) in [5.74, 6) is 1.01. The van der Waals surface area contributed by atoms with Crippen LogP contribution in [0.1, 0.15) is 56.6 Å². The number of aryl methyl sites for hydroxylation is 1. The zero-order valence-electron chi connectivity index (χ0n) is 10.7. The fourth-order valence-corrected chi connectivity index (χ4v) is 2.37. The molecule has 0 saturated heterocycles. The Hall–Kier alpha value is -1.18. The van der Waals surface area contributed by atoms with Crippen LogP contribution in [0.15, 0.2) is 12.1 Å². The molecule has 2 nitrogen and oxygen atoms in total. The zero-order valence-corrected chi connectivity index (χ0v) is 10.7. The van der Waals surface area contributed by atoms with E-state index in [0.29, 0.717) is 12.4 Å². The Bertz CT molecular complexity index is 371. The zero-order chi connectivity index (χ0) is 12.1. The predicted octanol–water partition coefficient (Wildman–Crippen LogP) is 4.19. The minimum absolute atomic E-state index is 0.290. The number of fused-ring (bicyclic) bond motifs is 1. The van der Waals surface area contributed by atoms with Gasteiger partial charge in [-0.05, 0) is 24.5 Å². The standard InChI is InChI=1S/C15H22O2/c1-2-3-4-5-6-7-8-12-9-10-14(16)15-13(12)11-17-15/h9-10,16H,2-8,11H2,1H3. The van der Waals surface area contributed by atoms with Crippen molar-refractivity contribution in [3.05, 3.63) is 23.3 Å². The number of hydrogen-bond acceptors (Lipinski definition) is 2. The monoisotopic (exact) mass is 234 g/mol. The van der Waals surface area contributed by atoms with Crippen molar-refractivity contribution < 1.29 is 9.84 Å². The summed E-state index contributed by atoms with van der Waals surface area (Å²) in [6.07, 6.45) is 9.08. The molecule has 0 fully saturated rings. The summed E-state index contributed by atoms with van der Waals surface area (Å²) in [4.78, 5) is 0. The van der Waals surface area contributed by atoms with E-state index in [2.05, 4.69) is 6.92 Å². The summed E-state index contributed by atoms with van der Waals surface area (Å²) >= 11 is 0. The topological polar surface area (TPSA) is 29.5 Å². The normalized spacial score (nSPS) is 12.8. The average Bonchev–Trinajstić information content (AvgIpc) is 2.27. The second kappa shape index (κ2) is 5.95. The van der Waals surface area contributed by atoms with Crippen molar-refractivity contribution in [3.63, 3.8) is 0 Å². The van der Waals surface area contributed by atoms with Crippen molar-refractivity contribution in [1.82, 2.24) is 0 Å². The number of unbranched alkanes of at least 4 members (excludes halogenated alkanes) is 5. The highest BCUT2D eigenvalue weighted by molar-refractivity contribution is 5.53. The third kappa shape index (κ3) is 2.93. The van der Waals surface area contributed by atoms with Crippen LogP contribution in [0.2, 0.25) is 0 Å². The highest BCUT2D eigenvalue weighted by atomic mass is 16.5. The molecule has 0 aliphatic carbocycles. The van der Waals surface area contributed by atoms with Gasteiger partial charge in [0.1, 0.15) is 6.61 Å². The summed E-state index contributed by atoms with van der Waals surface area (Å²) in [6.45, 7) is 2.92. The first-order valence-electron chi connectivity index (χ1n) is 6.79. The van der Waals surface area contributed by atoms with Gasteiger partial charge in [0.05, 0.1) is 0 Å². The molecule has 0 atom stereocenters. The van der Waals surface area contributed by atoms with Gasteiger partial charge in [-0.1, -0.05) is 45.1 Å². The van der Waals surface area contributed by atoms with Crippen LogP contribution in [-0.4, -0.2) is 5.11 Å². The maximum absolute atomic E-state index is 9.52. The van der Waals surface area contributed by atoms with Gasteiger partial charge in [-0.3, -0.25) is 0 Å². The Balaban J connectivity index is 1.75. The highest BCUT2D eigenvalue weighted by Crippen LogP contribution is 2.40. The Morgan fingerprint density at radius 2 is 1.88 bits per heavy atom. The summed E-state index contributed by atoms with van der Waals surface area (Å²) < 4.78 is 5.26. The van der Waals surface area contributed by atoms with Gasteiger partial charge in [0, 0.05) is 5.56 Å². The van der Waals surface area contributed by atoms with E-state index >= 15 is 0 Å². The summed E-state index contributed by atoms with van der Waals surface area (Å²) in [5.41, 5.74) is 2.58. The number of hydrogen-bond donors (Lipinski definition) is 1. The smallest absolute Gasteiger partial charge is 0.168 e. The molecule has 0 unspecified atom stereocenters. The largest absolute Gasteiger partial charge is 0.504 e. The first kappa shape index (κ1) is 12.3. The first-order chi connectivity index (χ1) is 8.33. The lowest BCUT2D eigenvalue weighted by Crippen LogP contribution is -2.12. The van der Waals surface area contributed by atoms with E-state index in [1.807, 2.05) is 6.07 Å². The molecular weight excluding hydrogens is 212 g/mol. The van der Waals surface area contributed by atoms with Gasteiger partial charge in [0.25, 0.3) is 0 Å². The van der Waals surface area contributed by atoms with E-state index in [1.54, 1.807) is 6.07 Å². The lowest BCUT2D eigenvalue weighted by molar-refractivity contribution is 0.226. The molecule has 0 amide bonds. The van der Waals surface area contributed by atoms with E-state index in [9.17, 15) is 5.11 Å². The van der Waals surface area contributed by atoms with Crippen molar-refractivity contribution in [2.24, 2.45) is 0 Å². The maximum atomic E-state index is 9.52. The molecule has 1 aliphatic heterocycles. The van der Waals surface area contributed by atoms with Crippen LogP contribution in [0, 0.1) is 0 Å². The predicted molar refractivity (Wildman–Crippen MR) is 69.5 cm³/mol. The van der Waals surface area contributed by atoms with Crippen LogP contribution in [0.5, 0.6) is 11.5 Å². The van der Waals surface area contributed by atoms with Crippen molar-refractivity contribution in [3.8, 4) is 11.5 Å². The second-order valence-electron chi connectivity index (χ2n) is 4.86. The average molecular weight is 234 g/mol. The molecule has 0 aromatic heterocycles. The van der Waals surface area contributed by atoms with E-state index in [0.717, 1.165) is 6.42 Å². The van der Waals surface area contributed by atoms with E-state index in [-0.39, 0.29) is 5.75 Å². The van der Waals surface area contributed by atoms with Gasteiger partial charge in [0.2, 0.25) is 0 Å². The fourth-order valence-electron chi connectivity index (χ4n) is 2.37. The molecule has 1 aromatic rings. The Morgan fingerprint density at radius 1 is 1.12 bits per heavy atom. The Morgan fingerprint density at radius 3 is 2.59 bits per heavy atom. The van der Waals surface area contributed by atoms with E-state index in [4.69, 9.17) is 4.74 Å². The quantitative estimate of drug-likeness (QED) is 0.717. The molecular formula is C15H22O2. The van der Waals surface area contributed by atoms with E-state index in [1.165, 1.54) is 49.7 Å². The van der Waals surface area contributed by atoms with Crippen LogP contribution in [-0.2, 0) is 13.0 Å². The molecule has 0 radical (unpaired) electrons. The summed E-state index contributed by atoms with van der Waals surface area (Å²) in [5, 5.41) is 9.52. The Labute approximate surface area is 104 Å². The molecule has 2 heteroatoms. The van der Waals surface area contributed by atoms with Gasteiger partial charge >= 0.3 is 0 Å². The molecule has 94 valence electrons. The molecule has 0 spiro atoms. The summed E-state index contributed by atoms with van der Waals surface area (Å²) in [6, 6.07) is 3.80. The van der Waals surface area contributed by atoms with Crippen molar-refractivity contribution in [1.29, 1.82) is 0 Å².